The van der Waals surface area contributed by atoms with Crippen molar-refractivity contribution in [2.45, 2.75) is 48.7 Å². The lowest BCUT2D eigenvalue weighted by atomic mass is 9.97. The molecule has 9 heteroatoms. The van der Waals surface area contributed by atoms with E-state index in [4.69, 9.17) is 5.14 Å². The van der Waals surface area contributed by atoms with Crippen LogP contribution < -0.4 is 10.5 Å². The van der Waals surface area contributed by atoms with E-state index in [2.05, 4.69) is 17.3 Å². The van der Waals surface area contributed by atoms with E-state index in [1.807, 2.05) is 0 Å². The standard InChI is InChI=1S/C14H20N4O4S/c1-17-10-2-3-11(17)7-9(6-10)16-13-5-4-12(23(15,21)22)8-14(13)18(19)20/h4-5,8-11,16H,2-3,6-7H2,1H3,(H2,15,21,22)/t9?,10-,11+. The molecule has 0 radical (unpaired) electrons. The Bertz CT molecular complexity index is 722. The Morgan fingerprint density at radius 1 is 1.30 bits per heavy atom. The quantitative estimate of drug-likeness (QED) is 0.629. The lowest BCUT2D eigenvalue weighted by Crippen LogP contribution is -2.44. The van der Waals surface area contributed by atoms with Gasteiger partial charge in [0, 0.05) is 24.2 Å². The number of fused-ring (bicyclic) bond motifs is 2. The summed E-state index contributed by atoms with van der Waals surface area (Å²) in [6, 6.07) is 4.92. The van der Waals surface area contributed by atoms with Gasteiger partial charge >= 0.3 is 0 Å². The lowest BCUT2D eigenvalue weighted by molar-refractivity contribution is -0.384. The highest BCUT2D eigenvalue weighted by molar-refractivity contribution is 7.89. The second-order valence-electron chi connectivity index (χ2n) is 6.34. The first-order valence-corrected chi connectivity index (χ1v) is 9.10. The van der Waals surface area contributed by atoms with E-state index in [1.54, 1.807) is 0 Å². The molecule has 2 aliphatic heterocycles. The molecule has 2 aliphatic rings. The third-order valence-corrected chi connectivity index (χ3v) is 5.86. The summed E-state index contributed by atoms with van der Waals surface area (Å²) >= 11 is 0. The van der Waals surface area contributed by atoms with Crippen LogP contribution in [0.4, 0.5) is 11.4 Å². The molecule has 2 heterocycles. The number of nitrogens with two attached hydrogens (primary N) is 1. The van der Waals surface area contributed by atoms with Crippen molar-refractivity contribution in [1.82, 2.24) is 4.90 Å². The summed E-state index contributed by atoms with van der Waals surface area (Å²) in [4.78, 5) is 12.8. The minimum Gasteiger partial charge on any atom is -0.377 e. The second-order valence-corrected chi connectivity index (χ2v) is 7.91. The first kappa shape index (κ1) is 16.2. The number of nitro benzene ring substituents is 1. The number of nitrogens with zero attached hydrogens (tertiary/aromatic N) is 2. The molecule has 1 unspecified atom stereocenters. The number of hydrogen-bond donors (Lipinski definition) is 2. The van der Waals surface area contributed by atoms with E-state index < -0.39 is 14.9 Å². The zero-order valence-corrected chi connectivity index (χ0v) is 13.6. The molecule has 0 aliphatic carbocycles. The van der Waals surface area contributed by atoms with Gasteiger partial charge < -0.3 is 10.2 Å². The van der Waals surface area contributed by atoms with Gasteiger partial charge in [-0.3, -0.25) is 10.1 Å². The number of rotatable bonds is 4. The van der Waals surface area contributed by atoms with Gasteiger partial charge in [0.2, 0.25) is 10.0 Å². The molecule has 3 atom stereocenters. The summed E-state index contributed by atoms with van der Waals surface area (Å²) in [5.41, 5.74) is 0.0825. The fraction of sp³-hybridized carbons (Fsp3) is 0.571. The van der Waals surface area contributed by atoms with Gasteiger partial charge in [-0.25, -0.2) is 13.6 Å². The Morgan fingerprint density at radius 2 is 1.91 bits per heavy atom. The van der Waals surface area contributed by atoms with Gasteiger partial charge in [0.15, 0.2) is 0 Å². The minimum atomic E-state index is -3.96. The molecule has 1 aromatic carbocycles. The van der Waals surface area contributed by atoms with Gasteiger partial charge in [0.05, 0.1) is 9.82 Å². The van der Waals surface area contributed by atoms with Crippen LogP contribution in [0.5, 0.6) is 0 Å². The van der Waals surface area contributed by atoms with Crippen molar-refractivity contribution in [3.8, 4) is 0 Å². The Kier molecular flexibility index (Phi) is 4.03. The number of nitro groups is 1. The third-order valence-electron chi connectivity index (χ3n) is 4.95. The molecule has 2 saturated heterocycles. The Morgan fingerprint density at radius 3 is 2.43 bits per heavy atom. The number of anilines is 1. The van der Waals surface area contributed by atoms with Crippen molar-refractivity contribution in [1.29, 1.82) is 0 Å². The molecule has 2 fully saturated rings. The van der Waals surface area contributed by atoms with Gasteiger partial charge in [-0.15, -0.1) is 0 Å². The van der Waals surface area contributed by atoms with Crippen LogP contribution in [0.3, 0.4) is 0 Å². The Labute approximate surface area is 134 Å². The summed E-state index contributed by atoms with van der Waals surface area (Å²) in [5.74, 6) is 0. The van der Waals surface area contributed by atoms with E-state index in [1.165, 1.54) is 12.1 Å². The SMILES string of the molecule is CN1[C@@H]2CC[C@H]1CC(Nc1ccc(S(N)(=O)=O)cc1[N+](=O)[O-])C2. The van der Waals surface area contributed by atoms with Gasteiger partial charge in [-0.05, 0) is 44.9 Å². The molecule has 2 bridgehead atoms. The summed E-state index contributed by atoms with van der Waals surface area (Å²) in [6.07, 6.45) is 4.18. The normalized spacial score (nSPS) is 27.8. The van der Waals surface area contributed by atoms with Crippen LogP contribution in [0.15, 0.2) is 23.1 Å². The number of piperidine rings is 1. The van der Waals surface area contributed by atoms with Crippen molar-refractivity contribution in [2.24, 2.45) is 5.14 Å². The van der Waals surface area contributed by atoms with Crippen LogP contribution in [0, 0.1) is 10.1 Å². The number of benzene rings is 1. The minimum absolute atomic E-state index is 0.155. The smallest absolute Gasteiger partial charge is 0.293 e. The van der Waals surface area contributed by atoms with Crippen molar-refractivity contribution in [3.05, 3.63) is 28.3 Å². The zero-order chi connectivity index (χ0) is 16.8. The molecule has 8 nitrogen and oxygen atoms in total. The maximum absolute atomic E-state index is 11.4. The van der Waals surface area contributed by atoms with Crippen LogP contribution in [-0.4, -0.2) is 43.4 Å². The first-order chi connectivity index (χ1) is 10.8. The number of hydrogen-bond acceptors (Lipinski definition) is 6. The van der Waals surface area contributed by atoms with Crippen molar-refractivity contribution in [2.75, 3.05) is 12.4 Å². The van der Waals surface area contributed by atoms with Crippen LogP contribution >= 0.6 is 0 Å². The molecule has 0 spiro atoms. The third kappa shape index (κ3) is 3.17. The first-order valence-electron chi connectivity index (χ1n) is 7.55. The van der Waals surface area contributed by atoms with Gasteiger partial charge in [-0.2, -0.15) is 0 Å². The van der Waals surface area contributed by atoms with Crippen LogP contribution in [-0.2, 0) is 10.0 Å². The molecular formula is C14H20N4O4S. The molecule has 0 aromatic heterocycles. The fourth-order valence-electron chi connectivity index (χ4n) is 3.71. The van der Waals surface area contributed by atoms with Gasteiger partial charge in [0.25, 0.3) is 5.69 Å². The van der Waals surface area contributed by atoms with E-state index in [0.717, 1.165) is 31.7 Å². The van der Waals surface area contributed by atoms with Gasteiger partial charge in [0.1, 0.15) is 5.69 Å². The monoisotopic (exact) mass is 340 g/mol. The summed E-state index contributed by atoms with van der Waals surface area (Å²) in [7, 11) is -1.84. The molecule has 1 aromatic rings. The average molecular weight is 340 g/mol. The highest BCUT2D eigenvalue weighted by Gasteiger charge is 2.38. The summed E-state index contributed by atoms with van der Waals surface area (Å²) in [6.45, 7) is 0. The van der Waals surface area contributed by atoms with Gasteiger partial charge in [-0.1, -0.05) is 0 Å². The van der Waals surface area contributed by atoms with Crippen LogP contribution in [0.2, 0.25) is 0 Å². The van der Waals surface area contributed by atoms with E-state index in [0.29, 0.717) is 17.8 Å². The molecule has 0 amide bonds. The van der Waals surface area contributed by atoms with Crippen LogP contribution in [0.1, 0.15) is 25.7 Å². The second kappa shape index (κ2) is 5.73. The number of nitrogens with one attached hydrogen (secondary N) is 1. The topological polar surface area (TPSA) is 119 Å². The molecule has 23 heavy (non-hydrogen) atoms. The van der Waals surface area contributed by atoms with E-state index >= 15 is 0 Å². The van der Waals surface area contributed by atoms with Crippen molar-refractivity contribution >= 4 is 21.4 Å². The Balaban J connectivity index is 1.84. The maximum atomic E-state index is 11.4. The predicted octanol–water partition coefficient (Wildman–Crippen LogP) is 1.28. The largest absolute Gasteiger partial charge is 0.377 e. The maximum Gasteiger partial charge on any atom is 0.293 e. The number of sulfonamides is 1. The Hall–Kier alpha value is -1.71. The molecule has 3 N–H and O–H groups in total. The van der Waals surface area contributed by atoms with E-state index in [9.17, 15) is 18.5 Å². The lowest BCUT2D eigenvalue weighted by Gasteiger charge is -2.36. The summed E-state index contributed by atoms with van der Waals surface area (Å²) < 4.78 is 22.7. The highest BCUT2D eigenvalue weighted by atomic mass is 32.2. The fourth-order valence-corrected chi connectivity index (χ4v) is 4.24. The van der Waals surface area contributed by atoms with E-state index in [-0.39, 0.29) is 16.6 Å². The number of primary sulfonamides is 1. The molecule has 126 valence electrons. The summed E-state index contributed by atoms with van der Waals surface area (Å²) in [5, 5.41) is 19.5. The highest BCUT2D eigenvalue weighted by Crippen LogP contribution is 2.37. The van der Waals surface area contributed by atoms with Crippen molar-refractivity contribution < 1.29 is 13.3 Å². The predicted molar refractivity (Wildman–Crippen MR) is 85.7 cm³/mol. The molecule has 0 saturated carbocycles. The molecular weight excluding hydrogens is 320 g/mol. The van der Waals surface area contributed by atoms with Crippen LogP contribution in [0.25, 0.3) is 0 Å². The molecule has 3 rings (SSSR count). The zero-order valence-electron chi connectivity index (χ0n) is 12.8. The average Bonchev–Trinajstić information content (AvgIpc) is 2.69. The van der Waals surface area contributed by atoms with Crippen molar-refractivity contribution in [3.63, 3.8) is 0 Å².